The van der Waals surface area contributed by atoms with Crippen molar-refractivity contribution in [1.29, 1.82) is 0 Å². The van der Waals surface area contributed by atoms with E-state index in [1.807, 2.05) is 0 Å². The van der Waals surface area contributed by atoms with Gasteiger partial charge in [-0.25, -0.2) is 0 Å². The molecule has 2 aromatic rings. The van der Waals surface area contributed by atoms with Crippen LogP contribution in [0.5, 0.6) is 5.75 Å². The molecule has 0 spiro atoms. The van der Waals surface area contributed by atoms with Crippen molar-refractivity contribution in [2.24, 2.45) is 5.73 Å². The van der Waals surface area contributed by atoms with Crippen molar-refractivity contribution in [3.8, 4) is 5.75 Å². The molecule has 0 atom stereocenters. The summed E-state index contributed by atoms with van der Waals surface area (Å²) in [5.41, 5.74) is 11.8. The zero-order valence-corrected chi connectivity index (χ0v) is 14.5. The molecule has 2 aromatic carbocycles. The Hall–Kier alpha value is -1.32. The van der Waals surface area contributed by atoms with Crippen LogP contribution in [0.4, 0.5) is 0 Å². The minimum Gasteiger partial charge on any atom is -0.488 e. The van der Waals surface area contributed by atoms with Gasteiger partial charge >= 0.3 is 0 Å². The molecular weight excluding hydrogens is 326 g/mol. The fourth-order valence-electron chi connectivity index (χ4n) is 2.57. The Bertz CT molecular complexity index is 617. The number of rotatable bonds is 5. The van der Waals surface area contributed by atoms with Crippen LogP contribution < -0.4 is 10.5 Å². The predicted molar refractivity (Wildman–Crippen MR) is 91.9 cm³/mol. The van der Waals surface area contributed by atoms with Crippen LogP contribution in [-0.4, -0.2) is 6.54 Å². The molecule has 0 aliphatic heterocycles. The van der Waals surface area contributed by atoms with E-state index in [0.717, 1.165) is 27.8 Å². The van der Waals surface area contributed by atoms with Gasteiger partial charge in [0.05, 0.1) is 0 Å². The Labute approximate surface area is 135 Å². The first-order chi connectivity index (χ1) is 10.0. The monoisotopic (exact) mass is 347 g/mol. The molecule has 2 N–H and O–H groups in total. The van der Waals surface area contributed by atoms with Crippen molar-refractivity contribution < 1.29 is 4.74 Å². The lowest BCUT2D eigenvalue weighted by molar-refractivity contribution is 0.299. The van der Waals surface area contributed by atoms with E-state index in [1.165, 1.54) is 16.7 Å². The summed E-state index contributed by atoms with van der Waals surface area (Å²) in [7, 11) is 0. The molecule has 0 aliphatic rings. The molecule has 0 radical (unpaired) electrons. The van der Waals surface area contributed by atoms with Gasteiger partial charge in [0.1, 0.15) is 12.4 Å². The largest absolute Gasteiger partial charge is 0.488 e. The van der Waals surface area contributed by atoms with Gasteiger partial charge in [-0.3, -0.25) is 0 Å². The summed E-state index contributed by atoms with van der Waals surface area (Å²) < 4.78 is 7.22. The van der Waals surface area contributed by atoms with Gasteiger partial charge in [0, 0.05) is 4.47 Å². The molecule has 0 aromatic heterocycles. The Morgan fingerprint density at radius 2 is 1.71 bits per heavy atom. The van der Waals surface area contributed by atoms with Crippen LogP contribution in [-0.2, 0) is 13.0 Å². The number of aryl methyl sites for hydroxylation is 3. The van der Waals surface area contributed by atoms with Gasteiger partial charge in [-0.1, -0.05) is 34.1 Å². The molecule has 0 saturated heterocycles. The minimum absolute atomic E-state index is 0.596. The fourth-order valence-corrected chi connectivity index (χ4v) is 3.19. The Kier molecular flexibility index (Phi) is 5.43. The second-order valence-corrected chi connectivity index (χ2v) is 6.32. The standard InChI is InChI=1S/C18H22BrNO/c1-12-5-4-6-13(2)17(12)11-21-18-14(3)9-16(19)10-15(18)7-8-20/h4-6,9-10H,7-8,11,20H2,1-3H3. The van der Waals surface area contributed by atoms with Crippen LogP contribution in [0.1, 0.15) is 27.8 Å². The molecule has 3 heteroatoms. The van der Waals surface area contributed by atoms with Gasteiger partial charge in [-0.05, 0) is 73.7 Å². The fraction of sp³-hybridized carbons (Fsp3) is 0.333. The van der Waals surface area contributed by atoms with Crippen molar-refractivity contribution in [2.45, 2.75) is 33.8 Å². The molecule has 0 amide bonds. The van der Waals surface area contributed by atoms with Gasteiger partial charge in [0.2, 0.25) is 0 Å². The molecule has 0 unspecified atom stereocenters. The van der Waals surface area contributed by atoms with Crippen LogP contribution in [0, 0.1) is 20.8 Å². The number of nitrogens with two attached hydrogens (primary N) is 1. The molecule has 2 rings (SSSR count). The van der Waals surface area contributed by atoms with Crippen molar-refractivity contribution in [1.82, 2.24) is 0 Å². The molecule has 21 heavy (non-hydrogen) atoms. The first kappa shape index (κ1) is 16.1. The van der Waals surface area contributed by atoms with Crippen molar-refractivity contribution in [3.63, 3.8) is 0 Å². The van der Waals surface area contributed by atoms with E-state index in [4.69, 9.17) is 10.5 Å². The second kappa shape index (κ2) is 7.10. The van der Waals surface area contributed by atoms with Crippen LogP contribution >= 0.6 is 15.9 Å². The maximum Gasteiger partial charge on any atom is 0.126 e. The Morgan fingerprint density at radius 3 is 2.33 bits per heavy atom. The van der Waals surface area contributed by atoms with E-state index >= 15 is 0 Å². The van der Waals surface area contributed by atoms with Gasteiger partial charge in [0.15, 0.2) is 0 Å². The summed E-state index contributed by atoms with van der Waals surface area (Å²) in [5.74, 6) is 0.964. The smallest absolute Gasteiger partial charge is 0.126 e. The number of halogens is 1. The molecule has 112 valence electrons. The highest BCUT2D eigenvalue weighted by molar-refractivity contribution is 9.10. The zero-order valence-electron chi connectivity index (χ0n) is 12.9. The average molecular weight is 348 g/mol. The first-order valence-corrected chi connectivity index (χ1v) is 7.99. The summed E-state index contributed by atoms with van der Waals surface area (Å²) in [6.45, 7) is 7.54. The first-order valence-electron chi connectivity index (χ1n) is 7.20. The maximum atomic E-state index is 6.15. The van der Waals surface area contributed by atoms with E-state index in [0.29, 0.717) is 13.2 Å². The zero-order chi connectivity index (χ0) is 15.4. The molecular formula is C18H22BrNO. The third-order valence-corrected chi connectivity index (χ3v) is 4.19. The highest BCUT2D eigenvalue weighted by Gasteiger charge is 2.10. The van der Waals surface area contributed by atoms with Gasteiger partial charge in [-0.2, -0.15) is 0 Å². The van der Waals surface area contributed by atoms with Crippen LogP contribution in [0.25, 0.3) is 0 Å². The third-order valence-electron chi connectivity index (χ3n) is 3.74. The van der Waals surface area contributed by atoms with Gasteiger partial charge < -0.3 is 10.5 Å². The van der Waals surface area contributed by atoms with Crippen molar-refractivity contribution >= 4 is 15.9 Å². The Balaban J connectivity index is 2.27. The lowest BCUT2D eigenvalue weighted by Gasteiger charge is -2.17. The topological polar surface area (TPSA) is 35.2 Å². The normalized spacial score (nSPS) is 10.7. The summed E-state index contributed by atoms with van der Waals surface area (Å²) in [6.07, 6.45) is 0.822. The third kappa shape index (κ3) is 3.86. The van der Waals surface area contributed by atoms with E-state index in [-0.39, 0.29) is 0 Å². The SMILES string of the molecule is Cc1cccc(C)c1COc1c(C)cc(Br)cc1CCN. The summed E-state index contributed by atoms with van der Waals surface area (Å²) in [5, 5.41) is 0. The summed E-state index contributed by atoms with van der Waals surface area (Å²) in [6, 6.07) is 10.5. The van der Waals surface area contributed by atoms with Crippen molar-refractivity contribution in [2.75, 3.05) is 6.54 Å². The molecule has 0 fully saturated rings. The number of ether oxygens (including phenoxy) is 1. The summed E-state index contributed by atoms with van der Waals surface area (Å²) in [4.78, 5) is 0. The van der Waals surface area contributed by atoms with Gasteiger partial charge in [0.25, 0.3) is 0 Å². The molecule has 0 bridgehead atoms. The molecule has 0 saturated carbocycles. The number of hydrogen-bond acceptors (Lipinski definition) is 2. The maximum absolute atomic E-state index is 6.15. The Morgan fingerprint density at radius 1 is 1.05 bits per heavy atom. The van der Waals surface area contributed by atoms with Crippen LogP contribution in [0.15, 0.2) is 34.8 Å². The van der Waals surface area contributed by atoms with Gasteiger partial charge in [-0.15, -0.1) is 0 Å². The second-order valence-electron chi connectivity index (χ2n) is 5.41. The van der Waals surface area contributed by atoms with Crippen LogP contribution in [0.2, 0.25) is 0 Å². The number of benzene rings is 2. The molecule has 0 heterocycles. The van der Waals surface area contributed by atoms with E-state index in [1.54, 1.807) is 0 Å². The average Bonchev–Trinajstić information content (AvgIpc) is 2.40. The molecule has 0 aliphatic carbocycles. The highest BCUT2D eigenvalue weighted by atomic mass is 79.9. The van der Waals surface area contributed by atoms with E-state index in [2.05, 4.69) is 67.0 Å². The quantitative estimate of drug-likeness (QED) is 0.866. The lowest BCUT2D eigenvalue weighted by Crippen LogP contribution is -2.08. The predicted octanol–water partition coefficient (Wildman–Crippen LogP) is 4.45. The lowest BCUT2D eigenvalue weighted by atomic mass is 10.0. The highest BCUT2D eigenvalue weighted by Crippen LogP contribution is 2.29. The number of hydrogen-bond donors (Lipinski definition) is 1. The minimum atomic E-state index is 0.596. The van der Waals surface area contributed by atoms with E-state index < -0.39 is 0 Å². The van der Waals surface area contributed by atoms with E-state index in [9.17, 15) is 0 Å². The van der Waals surface area contributed by atoms with Crippen LogP contribution in [0.3, 0.4) is 0 Å². The van der Waals surface area contributed by atoms with Crippen molar-refractivity contribution in [3.05, 3.63) is 62.6 Å². The summed E-state index contributed by atoms with van der Waals surface area (Å²) >= 11 is 3.54. The molecule has 2 nitrogen and oxygen atoms in total.